The van der Waals surface area contributed by atoms with Crippen LogP contribution in [-0.2, 0) is 16.1 Å². The summed E-state index contributed by atoms with van der Waals surface area (Å²) in [5.41, 5.74) is 0.316. The number of rotatable bonds is 6. The fourth-order valence-corrected chi connectivity index (χ4v) is 2.37. The molecule has 0 radical (unpaired) electrons. The van der Waals surface area contributed by atoms with Crippen LogP contribution in [0.15, 0.2) is 12.1 Å². The maximum atomic E-state index is 14.0. The topological polar surface area (TPSA) is 46.5 Å². The average molecular weight is 270 g/mol. The second-order valence-electron chi connectivity index (χ2n) is 4.94. The molecule has 1 aromatic rings. The third-order valence-corrected chi connectivity index (χ3v) is 3.45. The largest absolute Gasteiger partial charge is 0.481 e. The first kappa shape index (κ1) is 13.9. The Morgan fingerprint density at radius 2 is 2.11 bits per heavy atom. The quantitative estimate of drug-likeness (QED) is 0.864. The van der Waals surface area contributed by atoms with Gasteiger partial charge in [0.2, 0.25) is 0 Å². The van der Waals surface area contributed by atoms with Crippen LogP contribution >= 0.6 is 0 Å². The summed E-state index contributed by atoms with van der Waals surface area (Å²) in [6, 6.07) is 2.22. The van der Waals surface area contributed by atoms with Crippen LogP contribution < -0.4 is 0 Å². The van der Waals surface area contributed by atoms with Crippen LogP contribution in [0.3, 0.4) is 0 Å². The Morgan fingerprint density at radius 1 is 1.42 bits per heavy atom. The highest BCUT2D eigenvalue weighted by Crippen LogP contribution is 2.45. The van der Waals surface area contributed by atoms with E-state index in [-0.39, 0.29) is 30.1 Å². The van der Waals surface area contributed by atoms with Crippen LogP contribution in [-0.4, -0.2) is 18.2 Å². The van der Waals surface area contributed by atoms with Crippen molar-refractivity contribution in [1.29, 1.82) is 0 Å². The van der Waals surface area contributed by atoms with Gasteiger partial charge in [-0.05, 0) is 36.5 Å². The van der Waals surface area contributed by atoms with Crippen molar-refractivity contribution in [3.63, 3.8) is 0 Å². The number of hydrogen-bond donors (Lipinski definition) is 1. The van der Waals surface area contributed by atoms with Crippen LogP contribution in [0.1, 0.15) is 36.3 Å². The molecule has 1 fully saturated rings. The number of methoxy groups -OCH3 is 1. The van der Waals surface area contributed by atoms with Crippen molar-refractivity contribution in [2.45, 2.75) is 31.8 Å². The first-order valence-corrected chi connectivity index (χ1v) is 6.21. The van der Waals surface area contributed by atoms with Gasteiger partial charge in [-0.1, -0.05) is 0 Å². The highest BCUT2D eigenvalue weighted by atomic mass is 19.1. The SMILES string of the molecule is COCc1cc(F)c(C(CC(=O)O)C2CC2)cc1F. The number of carboxylic acids is 1. The van der Waals surface area contributed by atoms with Crippen LogP contribution in [0.25, 0.3) is 0 Å². The molecule has 104 valence electrons. The van der Waals surface area contributed by atoms with Crippen molar-refractivity contribution >= 4 is 5.97 Å². The number of carboxylic acid groups (broad SMARTS) is 1. The van der Waals surface area contributed by atoms with Gasteiger partial charge in [-0.15, -0.1) is 0 Å². The zero-order chi connectivity index (χ0) is 14.0. The Labute approximate surface area is 110 Å². The van der Waals surface area contributed by atoms with Gasteiger partial charge in [-0.2, -0.15) is 0 Å². The lowest BCUT2D eigenvalue weighted by molar-refractivity contribution is -0.137. The average Bonchev–Trinajstić information content (AvgIpc) is 3.15. The van der Waals surface area contributed by atoms with Gasteiger partial charge in [0.05, 0.1) is 13.0 Å². The highest BCUT2D eigenvalue weighted by Gasteiger charge is 2.35. The van der Waals surface area contributed by atoms with Gasteiger partial charge in [-0.3, -0.25) is 4.79 Å². The van der Waals surface area contributed by atoms with Crippen LogP contribution in [0.4, 0.5) is 8.78 Å². The molecule has 3 nitrogen and oxygen atoms in total. The molecule has 0 aromatic heterocycles. The molecule has 19 heavy (non-hydrogen) atoms. The molecule has 2 rings (SSSR count). The molecule has 1 atom stereocenters. The van der Waals surface area contributed by atoms with Gasteiger partial charge in [0.15, 0.2) is 0 Å². The second-order valence-corrected chi connectivity index (χ2v) is 4.94. The maximum Gasteiger partial charge on any atom is 0.303 e. The standard InChI is InChI=1S/C14H16F2O3/c1-19-7-9-4-13(16)11(5-12(9)15)10(6-14(17)18)8-2-3-8/h4-5,8,10H,2-3,6-7H2,1H3,(H,17,18). The van der Waals surface area contributed by atoms with Gasteiger partial charge < -0.3 is 9.84 Å². The third-order valence-electron chi connectivity index (χ3n) is 3.45. The third kappa shape index (κ3) is 3.29. The Kier molecular flexibility index (Phi) is 4.14. The van der Waals surface area contributed by atoms with Crippen molar-refractivity contribution in [2.24, 2.45) is 5.92 Å². The molecule has 0 saturated heterocycles. The summed E-state index contributed by atoms with van der Waals surface area (Å²) in [5.74, 6) is -2.37. The first-order valence-electron chi connectivity index (χ1n) is 6.21. The smallest absolute Gasteiger partial charge is 0.303 e. The van der Waals surface area contributed by atoms with Crippen LogP contribution in [0.5, 0.6) is 0 Å². The summed E-state index contributed by atoms with van der Waals surface area (Å²) < 4.78 is 32.6. The van der Waals surface area contributed by atoms with Crippen molar-refractivity contribution in [1.82, 2.24) is 0 Å². The molecule has 1 aliphatic carbocycles. The Morgan fingerprint density at radius 3 is 2.63 bits per heavy atom. The molecule has 0 aliphatic heterocycles. The monoisotopic (exact) mass is 270 g/mol. The highest BCUT2D eigenvalue weighted by molar-refractivity contribution is 5.68. The summed E-state index contributed by atoms with van der Waals surface area (Å²) in [6.45, 7) is -0.00391. The Hall–Kier alpha value is -1.49. The van der Waals surface area contributed by atoms with Gasteiger partial charge in [0, 0.05) is 18.6 Å². The molecule has 0 spiro atoms. The molecule has 0 amide bonds. The van der Waals surface area contributed by atoms with Gasteiger partial charge >= 0.3 is 5.97 Å². The van der Waals surface area contributed by atoms with Gasteiger partial charge in [0.25, 0.3) is 0 Å². The molecule has 1 unspecified atom stereocenters. The minimum Gasteiger partial charge on any atom is -0.481 e. The van der Waals surface area contributed by atoms with Crippen molar-refractivity contribution < 1.29 is 23.4 Å². The predicted molar refractivity (Wildman–Crippen MR) is 64.8 cm³/mol. The van der Waals surface area contributed by atoms with E-state index in [9.17, 15) is 13.6 Å². The van der Waals surface area contributed by atoms with Crippen LogP contribution in [0.2, 0.25) is 0 Å². The van der Waals surface area contributed by atoms with Gasteiger partial charge in [0.1, 0.15) is 11.6 Å². The fourth-order valence-electron chi connectivity index (χ4n) is 2.37. The number of ether oxygens (including phenoxy) is 1. The summed E-state index contributed by atoms with van der Waals surface area (Å²) in [7, 11) is 1.41. The number of hydrogen-bond acceptors (Lipinski definition) is 2. The lowest BCUT2D eigenvalue weighted by Crippen LogP contribution is -2.11. The summed E-state index contributed by atoms with van der Waals surface area (Å²) in [5, 5.41) is 8.88. The summed E-state index contributed by atoms with van der Waals surface area (Å²) >= 11 is 0. The minimum atomic E-state index is -0.988. The molecule has 1 saturated carbocycles. The number of benzene rings is 1. The van der Waals surface area contributed by atoms with E-state index in [1.165, 1.54) is 7.11 Å². The fraction of sp³-hybridized carbons (Fsp3) is 0.500. The van der Waals surface area contributed by atoms with Gasteiger partial charge in [-0.25, -0.2) is 8.78 Å². The molecule has 0 bridgehead atoms. The molecule has 5 heteroatoms. The number of halogens is 2. The van der Waals surface area contributed by atoms with E-state index in [0.717, 1.165) is 25.0 Å². The van der Waals surface area contributed by atoms with Crippen molar-refractivity contribution in [3.8, 4) is 0 Å². The minimum absolute atomic E-state index is 0.00391. The zero-order valence-electron chi connectivity index (χ0n) is 10.7. The Bertz CT molecular complexity index is 484. The molecular weight excluding hydrogens is 254 g/mol. The zero-order valence-corrected chi connectivity index (χ0v) is 10.7. The molecule has 1 N–H and O–H groups in total. The number of aliphatic carboxylic acids is 1. The van der Waals surface area contributed by atoms with Crippen molar-refractivity contribution in [3.05, 3.63) is 34.9 Å². The Balaban J connectivity index is 2.31. The normalized spacial score (nSPS) is 16.4. The first-order chi connectivity index (χ1) is 9.02. The van der Waals surface area contributed by atoms with E-state index in [1.807, 2.05) is 0 Å². The lowest BCUT2D eigenvalue weighted by Gasteiger charge is -2.16. The number of carbonyl (C=O) groups is 1. The molecular formula is C14H16F2O3. The predicted octanol–water partition coefficient (Wildman–Crippen LogP) is 3.08. The second kappa shape index (κ2) is 5.65. The van der Waals surface area contributed by atoms with E-state index >= 15 is 0 Å². The van der Waals surface area contributed by atoms with E-state index in [1.54, 1.807) is 0 Å². The summed E-state index contributed by atoms with van der Waals surface area (Å²) in [4.78, 5) is 10.8. The van der Waals surface area contributed by atoms with E-state index < -0.39 is 23.5 Å². The molecule has 1 aromatic carbocycles. The lowest BCUT2D eigenvalue weighted by atomic mass is 9.90. The summed E-state index contributed by atoms with van der Waals surface area (Å²) in [6.07, 6.45) is 1.59. The van der Waals surface area contributed by atoms with E-state index in [2.05, 4.69) is 0 Å². The maximum absolute atomic E-state index is 14.0. The van der Waals surface area contributed by atoms with Crippen molar-refractivity contribution in [2.75, 3.05) is 7.11 Å². The van der Waals surface area contributed by atoms with E-state index in [4.69, 9.17) is 9.84 Å². The molecule has 1 aliphatic rings. The van der Waals surface area contributed by atoms with E-state index in [0.29, 0.717) is 0 Å². The van der Waals surface area contributed by atoms with Crippen LogP contribution in [0, 0.1) is 17.6 Å². The molecule has 0 heterocycles.